The lowest BCUT2D eigenvalue weighted by Crippen LogP contribution is -2.09. The van der Waals surface area contributed by atoms with Crippen LogP contribution in [0.25, 0.3) is 0 Å². The van der Waals surface area contributed by atoms with Gasteiger partial charge in [0.2, 0.25) is 6.10 Å². The van der Waals surface area contributed by atoms with Gasteiger partial charge < -0.3 is 0 Å². The quantitative estimate of drug-likeness (QED) is 0.769. The summed E-state index contributed by atoms with van der Waals surface area (Å²) in [6, 6.07) is 11.0. The summed E-state index contributed by atoms with van der Waals surface area (Å²) < 4.78 is 14.8. The molecular formula is C9H9NO3P+. The first-order valence-corrected chi connectivity index (χ1v) is 5.12. The smallest absolute Gasteiger partial charge is 0.195 e. The van der Waals surface area contributed by atoms with Gasteiger partial charge in [-0.1, -0.05) is 30.3 Å². The van der Waals surface area contributed by atoms with Gasteiger partial charge in [0.05, 0.1) is 0 Å². The van der Waals surface area contributed by atoms with Crippen LogP contribution in [0.3, 0.4) is 0 Å². The lowest BCUT2D eigenvalue weighted by Gasteiger charge is -2.00. The summed E-state index contributed by atoms with van der Waals surface area (Å²) in [4.78, 5) is 8.47. The van der Waals surface area contributed by atoms with E-state index in [0.29, 0.717) is 6.42 Å². The van der Waals surface area contributed by atoms with E-state index in [9.17, 15) is 4.57 Å². The van der Waals surface area contributed by atoms with Gasteiger partial charge >= 0.3 is 8.25 Å². The zero-order valence-corrected chi connectivity index (χ0v) is 8.22. The Hall–Kier alpha value is -1.27. The largest absolute Gasteiger partial charge is 0.696 e. The van der Waals surface area contributed by atoms with Crippen molar-refractivity contribution in [2.45, 2.75) is 12.5 Å². The standard InChI is InChI=1S/C9H8NO3P/c10-7-9(13-14(11)12)6-8-4-2-1-3-5-8/h1-5,9H,6H2/p+1. The van der Waals surface area contributed by atoms with Crippen LogP contribution in [0.5, 0.6) is 0 Å². The van der Waals surface area contributed by atoms with Crippen LogP contribution in [0, 0.1) is 11.3 Å². The Morgan fingerprint density at radius 2 is 2.14 bits per heavy atom. The lowest BCUT2D eigenvalue weighted by molar-refractivity contribution is 0.234. The van der Waals surface area contributed by atoms with Gasteiger partial charge in [-0.2, -0.15) is 5.26 Å². The van der Waals surface area contributed by atoms with Gasteiger partial charge in [0, 0.05) is 11.0 Å². The molecule has 72 valence electrons. The second-order valence-corrected chi connectivity index (χ2v) is 3.34. The van der Waals surface area contributed by atoms with E-state index in [1.807, 2.05) is 36.4 Å². The number of hydrogen-bond donors (Lipinski definition) is 1. The van der Waals surface area contributed by atoms with Crippen molar-refractivity contribution in [1.82, 2.24) is 0 Å². The predicted octanol–water partition coefficient (Wildman–Crippen LogP) is 1.79. The molecule has 0 aliphatic rings. The Bertz CT molecular complexity index is 347. The van der Waals surface area contributed by atoms with E-state index in [4.69, 9.17) is 10.2 Å². The Labute approximate surface area is 82.7 Å². The number of benzene rings is 1. The predicted molar refractivity (Wildman–Crippen MR) is 50.5 cm³/mol. The van der Waals surface area contributed by atoms with Crippen LogP contribution in [0.1, 0.15) is 5.56 Å². The van der Waals surface area contributed by atoms with Crippen molar-refractivity contribution < 1.29 is 14.0 Å². The molecule has 4 nitrogen and oxygen atoms in total. The molecule has 0 heterocycles. The molecule has 0 radical (unpaired) electrons. The van der Waals surface area contributed by atoms with Crippen LogP contribution in [0.4, 0.5) is 0 Å². The highest BCUT2D eigenvalue weighted by atomic mass is 31.1. The van der Waals surface area contributed by atoms with E-state index in [0.717, 1.165) is 5.56 Å². The van der Waals surface area contributed by atoms with E-state index in [-0.39, 0.29) is 0 Å². The molecule has 0 fully saturated rings. The summed E-state index contributed by atoms with van der Waals surface area (Å²) in [7, 11) is -2.71. The number of hydrogen-bond acceptors (Lipinski definition) is 3. The highest BCUT2D eigenvalue weighted by Gasteiger charge is 2.22. The van der Waals surface area contributed by atoms with Crippen molar-refractivity contribution in [3.05, 3.63) is 35.9 Å². The summed E-state index contributed by atoms with van der Waals surface area (Å²) in [5, 5.41) is 8.62. The van der Waals surface area contributed by atoms with Crippen molar-refractivity contribution in [3.63, 3.8) is 0 Å². The zero-order chi connectivity index (χ0) is 10.4. The van der Waals surface area contributed by atoms with Gasteiger partial charge in [-0.05, 0) is 5.56 Å². The van der Waals surface area contributed by atoms with Crippen LogP contribution in [-0.2, 0) is 15.5 Å². The van der Waals surface area contributed by atoms with E-state index < -0.39 is 14.4 Å². The molecule has 1 aromatic carbocycles. The van der Waals surface area contributed by atoms with E-state index >= 15 is 0 Å². The fraction of sp³-hybridized carbons (Fsp3) is 0.222. The van der Waals surface area contributed by atoms with Gasteiger partial charge in [0.15, 0.2) is 0 Å². The summed E-state index contributed by atoms with van der Waals surface area (Å²) in [6.07, 6.45) is -0.551. The highest BCUT2D eigenvalue weighted by Crippen LogP contribution is 2.19. The van der Waals surface area contributed by atoms with Gasteiger partial charge in [-0.3, -0.25) is 0 Å². The molecule has 0 bridgehead atoms. The number of nitrogens with zero attached hydrogens (tertiary/aromatic N) is 1. The Kier molecular flexibility index (Phi) is 4.21. The minimum absolute atomic E-state index is 0.318. The SMILES string of the molecule is N#CC(Cc1ccccc1)O[P+](=O)O. The first-order valence-electron chi connectivity index (χ1n) is 3.99. The monoisotopic (exact) mass is 210 g/mol. The second-order valence-electron chi connectivity index (χ2n) is 2.65. The molecule has 2 atom stereocenters. The molecule has 0 saturated heterocycles. The molecule has 0 spiro atoms. The van der Waals surface area contributed by atoms with Gasteiger partial charge in [0.1, 0.15) is 6.07 Å². The van der Waals surface area contributed by atoms with Crippen LogP contribution in [0.2, 0.25) is 0 Å². The Morgan fingerprint density at radius 3 is 2.64 bits per heavy atom. The number of nitriles is 1. The van der Waals surface area contributed by atoms with Crippen LogP contribution >= 0.6 is 8.25 Å². The maximum atomic E-state index is 10.3. The van der Waals surface area contributed by atoms with Crippen molar-refractivity contribution in [2.24, 2.45) is 0 Å². The topological polar surface area (TPSA) is 70.3 Å². The van der Waals surface area contributed by atoms with Crippen molar-refractivity contribution in [3.8, 4) is 6.07 Å². The van der Waals surface area contributed by atoms with Gasteiger partial charge in [-0.15, -0.1) is 9.42 Å². The van der Waals surface area contributed by atoms with Crippen LogP contribution in [-0.4, -0.2) is 11.0 Å². The molecule has 1 aromatic rings. The molecule has 0 aliphatic heterocycles. The Morgan fingerprint density at radius 1 is 1.50 bits per heavy atom. The molecule has 0 saturated carbocycles. The first-order chi connectivity index (χ1) is 6.72. The number of rotatable bonds is 4. The minimum Gasteiger partial charge on any atom is -0.195 e. The summed E-state index contributed by atoms with van der Waals surface area (Å²) in [5.41, 5.74) is 0.899. The maximum Gasteiger partial charge on any atom is 0.696 e. The summed E-state index contributed by atoms with van der Waals surface area (Å²) in [5.74, 6) is 0. The molecule has 0 aliphatic carbocycles. The molecule has 14 heavy (non-hydrogen) atoms. The van der Waals surface area contributed by atoms with Crippen LogP contribution < -0.4 is 0 Å². The fourth-order valence-corrected chi connectivity index (χ4v) is 1.38. The van der Waals surface area contributed by atoms with E-state index in [2.05, 4.69) is 4.52 Å². The molecule has 5 heteroatoms. The van der Waals surface area contributed by atoms with Crippen LogP contribution in [0.15, 0.2) is 30.3 Å². The third-order valence-electron chi connectivity index (χ3n) is 1.63. The van der Waals surface area contributed by atoms with Crippen molar-refractivity contribution >= 4 is 8.25 Å². The molecule has 1 N–H and O–H groups in total. The second kappa shape index (κ2) is 5.46. The maximum absolute atomic E-state index is 10.3. The first kappa shape index (κ1) is 10.8. The molecular weight excluding hydrogens is 201 g/mol. The molecule has 1 rings (SSSR count). The average molecular weight is 210 g/mol. The third kappa shape index (κ3) is 3.63. The van der Waals surface area contributed by atoms with Gasteiger partial charge in [0.25, 0.3) is 0 Å². The highest BCUT2D eigenvalue weighted by molar-refractivity contribution is 7.32. The minimum atomic E-state index is -2.71. The van der Waals surface area contributed by atoms with Crippen molar-refractivity contribution in [1.29, 1.82) is 5.26 Å². The average Bonchev–Trinajstić information content (AvgIpc) is 2.17. The normalized spacial score (nSPS) is 13.0. The zero-order valence-electron chi connectivity index (χ0n) is 7.33. The van der Waals surface area contributed by atoms with Gasteiger partial charge in [-0.25, -0.2) is 0 Å². The van der Waals surface area contributed by atoms with E-state index in [1.54, 1.807) is 0 Å². The fourth-order valence-electron chi connectivity index (χ4n) is 1.04. The summed E-state index contributed by atoms with van der Waals surface area (Å²) >= 11 is 0. The third-order valence-corrected chi connectivity index (χ3v) is 2.06. The van der Waals surface area contributed by atoms with Crippen molar-refractivity contribution in [2.75, 3.05) is 0 Å². The molecule has 2 unspecified atom stereocenters. The molecule has 0 aromatic heterocycles. The van der Waals surface area contributed by atoms with E-state index in [1.165, 1.54) is 0 Å². The Balaban J connectivity index is 2.58. The summed E-state index contributed by atoms with van der Waals surface area (Å²) in [6.45, 7) is 0. The lowest BCUT2D eigenvalue weighted by atomic mass is 10.1. The molecule has 0 amide bonds.